The minimum absolute atomic E-state index is 0.00663. The zero-order chi connectivity index (χ0) is 72.4. The van der Waals surface area contributed by atoms with Gasteiger partial charge in [0.15, 0.2) is 0 Å². The van der Waals surface area contributed by atoms with E-state index in [1.807, 2.05) is 105 Å². The highest BCUT2D eigenvalue weighted by molar-refractivity contribution is 5.99. The van der Waals surface area contributed by atoms with Gasteiger partial charge in [-0.25, -0.2) is 4.79 Å². The van der Waals surface area contributed by atoms with Gasteiger partial charge in [-0.05, 0) is 113 Å². The summed E-state index contributed by atoms with van der Waals surface area (Å²) in [5.41, 5.74) is 7.09. The van der Waals surface area contributed by atoms with Crippen LogP contribution in [0.4, 0.5) is 10.5 Å². The van der Waals surface area contributed by atoms with Crippen LogP contribution in [-0.4, -0.2) is 207 Å². The monoisotopic (exact) mass is 1360 g/mol. The maximum atomic E-state index is 14.6. The Hall–Kier alpha value is -7.71. The fourth-order valence-electron chi connectivity index (χ4n) is 13.3. The number of urea groups is 1. The third-order valence-electron chi connectivity index (χ3n) is 18.9. The SMILES string of the molecule is CCNC(=O)[C@@H]1CCN(C(=O)CCC(=O)N[C@H](C(=O)N[C@@H](CCCNC(N)=O)C(=O)Nc2ccc(CNC(=O)[C@H](Cc3ccccc3)NC(=O)[C@H](C)[C@@H](OC)[C@@H]3CCCN3C(=O)C[C@@H](OC)[C@H]([C@@H](C)CC)N(C)C(=O)[C@@H](NC(=O)[C@H](C(C)C)N(C)C)C(C)C)cc2)C(C)C)[C@H](C)C1. The summed E-state index contributed by atoms with van der Waals surface area (Å²) >= 11 is 0. The summed E-state index contributed by atoms with van der Waals surface area (Å²) in [6.07, 6.45) is 1.54. The van der Waals surface area contributed by atoms with E-state index in [9.17, 15) is 52.7 Å². The van der Waals surface area contributed by atoms with Crippen LogP contribution < -0.4 is 48.3 Å². The molecule has 2 aliphatic rings. The number of nitrogens with one attached hydrogen (secondary N) is 8. The Labute approximate surface area is 575 Å². The summed E-state index contributed by atoms with van der Waals surface area (Å²) in [6, 6.07) is 9.39. The molecule has 0 spiro atoms. The van der Waals surface area contributed by atoms with Gasteiger partial charge in [-0.15, -0.1) is 0 Å². The summed E-state index contributed by atoms with van der Waals surface area (Å²) in [6.45, 7) is 22.1. The molecular formula is C71H115N13O13. The van der Waals surface area contributed by atoms with Crippen LogP contribution in [0.1, 0.15) is 151 Å². The Morgan fingerprint density at radius 1 is 0.649 bits per heavy atom. The average molecular weight is 1360 g/mol. The van der Waals surface area contributed by atoms with Gasteiger partial charge >= 0.3 is 6.03 Å². The number of benzene rings is 2. The first-order valence-electron chi connectivity index (χ1n) is 34.7. The zero-order valence-corrected chi connectivity index (χ0v) is 60.4. The zero-order valence-electron chi connectivity index (χ0n) is 60.4. The van der Waals surface area contributed by atoms with Crippen LogP contribution in [0.2, 0.25) is 0 Å². The van der Waals surface area contributed by atoms with Crippen LogP contribution in [0.3, 0.4) is 0 Å². The number of hydrogen-bond acceptors (Lipinski definition) is 14. The normalized spacial score (nSPS) is 18.7. The Morgan fingerprint density at radius 2 is 1.30 bits per heavy atom. The molecule has 2 saturated heterocycles. The van der Waals surface area contributed by atoms with Gasteiger partial charge in [0, 0.05) is 90.9 Å². The Kier molecular flexibility index (Phi) is 33.9. The second-order valence-electron chi connectivity index (χ2n) is 27.5. The Morgan fingerprint density at radius 3 is 1.87 bits per heavy atom. The first-order valence-corrected chi connectivity index (χ1v) is 34.7. The van der Waals surface area contributed by atoms with E-state index in [1.165, 1.54) is 14.2 Å². The number of methoxy groups -OCH3 is 2. The van der Waals surface area contributed by atoms with Crippen LogP contribution in [-0.2, 0) is 70.4 Å². The number of rotatable bonds is 38. The molecule has 0 aromatic heterocycles. The van der Waals surface area contributed by atoms with Crippen molar-refractivity contribution in [2.75, 3.05) is 66.9 Å². The average Bonchev–Trinajstić information content (AvgIpc) is 1.80. The summed E-state index contributed by atoms with van der Waals surface area (Å²) < 4.78 is 12.2. The Balaban J connectivity index is 1.43. The molecule has 10 N–H and O–H groups in total. The molecule has 2 heterocycles. The van der Waals surface area contributed by atoms with Crippen molar-refractivity contribution in [1.29, 1.82) is 0 Å². The van der Waals surface area contributed by atoms with Crippen LogP contribution in [0.5, 0.6) is 0 Å². The minimum atomic E-state index is -1.13. The van der Waals surface area contributed by atoms with Crippen LogP contribution in [0, 0.1) is 35.5 Å². The lowest BCUT2D eigenvalue weighted by atomic mass is 9.89. The van der Waals surface area contributed by atoms with Gasteiger partial charge in [0.2, 0.25) is 59.1 Å². The number of piperidine rings is 1. The molecule has 0 aliphatic carbocycles. The number of carbonyl (C=O) groups excluding carboxylic acids is 11. The number of hydrogen-bond donors (Lipinski definition) is 9. The summed E-state index contributed by atoms with van der Waals surface area (Å²) in [4.78, 5) is 157. The molecule has 4 rings (SSSR count). The Bertz CT molecular complexity index is 2910. The molecule has 97 heavy (non-hydrogen) atoms. The minimum Gasteiger partial charge on any atom is -0.379 e. The van der Waals surface area contributed by atoms with Crippen molar-refractivity contribution < 1.29 is 62.2 Å². The van der Waals surface area contributed by atoms with Crippen molar-refractivity contribution >= 4 is 70.8 Å². The number of carbonyl (C=O) groups is 11. The first kappa shape index (κ1) is 81.7. The highest BCUT2D eigenvalue weighted by Gasteiger charge is 2.44. The molecule has 0 bridgehead atoms. The van der Waals surface area contributed by atoms with Gasteiger partial charge < -0.3 is 72.4 Å². The van der Waals surface area contributed by atoms with Gasteiger partial charge in [-0.2, -0.15) is 0 Å². The van der Waals surface area contributed by atoms with E-state index >= 15 is 0 Å². The number of ether oxygens (including phenoxy) is 2. The molecule has 2 aromatic carbocycles. The van der Waals surface area contributed by atoms with Crippen molar-refractivity contribution in [3.8, 4) is 0 Å². The molecule has 0 saturated carbocycles. The van der Waals surface area contributed by atoms with Crippen LogP contribution in [0.25, 0.3) is 0 Å². The molecule has 2 fully saturated rings. The third kappa shape index (κ3) is 24.7. The van der Waals surface area contributed by atoms with Gasteiger partial charge in [0.05, 0.1) is 42.7 Å². The molecule has 0 unspecified atom stereocenters. The largest absolute Gasteiger partial charge is 0.379 e. The number of anilines is 1. The van der Waals surface area contributed by atoms with Crippen LogP contribution >= 0.6 is 0 Å². The first-order chi connectivity index (χ1) is 45.9. The molecule has 12 amide bonds. The molecule has 13 atom stereocenters. The quantitative estimate of drug-likeness (QED) is 0.0425. The standard InChI is InChI=1S/C71H115N13O13/c1-17-45(9)62(82(14)70(94)60(43(5)6)80-69(93)61(44(7)8)81(12)13)55(96-15)40-58(87)84-36-23-27-54(84)63(97-16)47(11)64(88)78-53(39-48-24-20-19-21-25-48)66(90)75-41-49-28-30-51(31-29-49)76-67(91)52(26-22-35-74-71(72)95)77-68(92)59(42(3)4)79-56(85)32-33-57(86)83-37-34-50(38-46(83)10)65(89)73-18-2/h19-21,24-25,28-31,42-47,50,52-55,59-63H,17-18,22-23,26-27,32-41H2,1-16H3,(H,73,89)(H,75,90)(H,76,91)(H,77,92)(H,78,88)(H,79,85)(H,80,93)(H3,72,74,95)/t45-,46+,47+,50+,52-,53-,54-,55+,59-,60-,61-,62-,63+/m0/s1. The fourth-order valence-corrected chi connectivity index (χ4v) is 13.3. The van der Waals surface area contributed by atoms with Gasteiger partial charge in [0.1, 0.15) is 24.2 Å². The topological polar surface area (TPSA) is 341 Å². The van der Waals surface area contributed by atoms with E-state index in [2.05, 4.69) is 42.5 Å². The number of primary amides is 1. The van der Waals surface area contributed by atoms with Gasteiger partial charge in [0.25, 0.3) is 0 Å². The lowest BCUT2D eigenvalue weighted by molar-refractivity contribution is -0.148. The van der Waals surface area contributed by atoms with Crippen molar-refractivity contribution in [3.05, 3.63) is 65.7 Å². The maximum absolute atomic E-state index is 14.6. The third-order valence-corrected chi connectivity index (χ3v) is 18.9. The molecular weight excluding hydrogens is 1240 g/mol. The summed E-state index contributed by atoms with van der Waals surface area (Å²) in [5, 5.41) is 22.7. The van der Waals surface area contributed by atoms with E-state index in [0.29, 0.717) is 63.0 Å². The number of amides is 12. The number of likely N-dealkylation sites (N-methyl/N-ethyl adjacent to an activating group) is 2. The molecule has 2 aromatic rings. The predicted molar refractivity (Wildman–Crippen MR) is 372 cm³/mol. The lowest BCUT2D eigenvalue weighted by Gasteiger charge is -2.41. The van der Waals surface area contributed by atoms with E-state index in [0.717, 1.165) is 5.56 Å². The lowest BCUT2D eigenvalue weighted by Crippen LogP contribution is -2.59. The highest BCUT2D eigenvalue weighted by atomic mass is 16.5. The van der Waals surface area contributed by atoms with E-state index in [-0.39, 0.29) is 111 Å². The number of nitrogens with two attached hydrogens (primary N) is 1. The van der Waals surface area contributed by atoms with Gasteiger partial charge in [-0.3, -0.25) is 52.8 Å². The summed E-state index contributed by atoms with van der Waals surface area (Å²) in [7, 11) is 8.40. The highest BCUT2D eigenvalue weighted by Crippen LogP contribution is 2.31. The maximum Gasteiger partial charge on any atom is 0.312 e. The summed E-state index contributed by atoms with van der Waals surface area (Å²) in [5.74, 6) is -5.50. The van der Waals surface area contributed by atoms with E-state index in [4.69, 9.17) is 15.2 Å². The fraction of sp³-hybridized carbons (Fsp3) is 0.676. The smallest absolute Gasteiger partial charge is 0.312 e. The predicted octanol–water partition coefficient (Wildman–Crippen LogP) is 4.23. The molecule has 542 valence electrons. The van der Waals surface area contributed by atoms with Crippen molar-refractivity contribution in [2.24, 2.45) is 41.2 Å². The molecule has 2 aliphatic heterocycles. The second kappa shape index (κ2) is 40.2. The molecule has 0 radical (unpaired) electrons. The van der Waals surface area contributed by atoms with Crippen molar-refractivity contribution in [1.82, 2.24) is 56.8 Å². The number of likely N-dealkylation sites (tertiary alicyclic amines) is 2. The van der Waals surface area contributed by atoms with E-state index in [1.54, 1.807) is 66.8 Å². The van der Waals surface area contributed by atoms with Crippen LogP contribution in [0.15, 0.2) is 54.6 Å². The van der Waals surface area contributed by atoms with Crippen molar-refractivity contribution in [3.63, 3.8) is 0 Å². The number of nitrogens with zero attached hydrogens (tertiary/aromatic N) is 4. The second-order valence-corrected chi connectivity index (χ2v) is 27.5. The van der Waals surface area contributed by atoms with Crippen molar-refractivity contribution in [2.45, 2.75) is 214 Å². The van der Waals surface area contributed by atoms with E-state index < -0.39 is 102 Å². The molecule has 26 nitrogen and oxygen atoms in total. The molecule has 26 heteroatoms. The van der Waals surface area contributed by atoms with Gasteiger partial charge in [-0.1, -0.05) is 111 Å².